The van der Waals surface area contributed by atoms with Crippen LogP contribution in [0.1, 0.15) is 5.56 Å². The standard InChI is InChI=1S/C43H27N5/c44-26-27-11-9-16-30(25-27)48-42-31(21-23-37-39(42)33-17-7-8-19-35(33)46(37)28-12-3-1-4-13-28)32-22-24-38-41(43(32)48)40-34(45)18-10-20-36(40)47(38)29-14-5-2-6-15-29/h1-25H,45H2. The molecule has 2 N–H and O–H groups in total. The Bertz CT molecular complexity index is 2950. The highest BCUT2D eigenvalue weighted by atomic mass is 15.0. The molecule has 0 fully saturated rings. The van der Waals surface area contributed by atoms with Crippen molar-refractivity contribution in [3.05, 3.63) is 157 Å². The first-order valence-electron chi connectivity index (χ1n) is 16.1. The summed E-state index contributed by atoms with van der Waals surface area (Å²) in [7, 11) is 0. The Balaban J connectivity index is 1.50. The van der Waals surface area contributed by atoms with Gasteiger partial charge in [0, 0.05) is 55.1 Å². The molecule has 7 aromatic carbocycles. The van der Waals surface area contributed by atoms with Crippen molar-refractivity contribution in [1.82, 2.24) is 13.7 Å². The molecule has 0 saturated carbocycles. The molecule has 5 heteroatoms. The van der Waals surface area contributed by atoms with E-state index in [0.29, 0.717) is 5.56 Å². The van der Waals surface area contributed by atoms with Gasteiger partial charge in [0.15, 0.2) is 0 Å². The number of hydrogen-bond acceptors (Lipinski definition) is 2. The molecule has 0 bridgehead atoms. The molecule has 0 aliphatic rings. The lowest BCUT2D eigenvalue weighted by Gasteiger charge is -2.11. The quantitative estimate of drug-likeness (QED) is 0.202. The zero-order valence-corrected chi connectivity index (χ0v) is 25.8. The predicted molar refractivity (Wildman–Crippen MR) is 199 cm³/mol. The van der Waals surface area contributed by atoms with Crippen LogP contribution in [0.2, 0.25) is 0 Å². The number of benzene rings is 7. The van der Waals surface area contributed by atoms with E-state index in [1.54, 1.807) is 0 Å². The lowest BCUT2D eigenvalue weighted by molar-refractivity contribution is 1.17. The highest BCUT2D eigenvalue weighted by Gasteiger charge is 2.25. The van der Waals surface area contributed by atoms with E-state index < -0.39 is 0 Å². The van der Waals surface area contributed by atoms with Crippen LogP contribution in [0.5, 0.6) is 0 Å². The fourth-order valence-electron chi connectivity index (χ4n) is 7.90. The summed E-state index contributed by atoms with van der Waals surface area (Å²) >= 11 is 0. The van der Waals surface area contributed by atoms with Crippen LogP contribution in [0.4, 0.5) is 5.69 Å². The Labute approximate surface area is 275 Å². The molecular weight excluding hydrogens is 587 g/mol. The number of fused-ring (bicyclic) bond motifs is 11. The van der Waals surface area contributed by atoms with E-state index >= 15 is 0 Å². The van der Waals surface area contributed by atoms with Crippen molar-refractivity contribution in [2.45, 2.75) is 0 Å². The number of nitrogen functional groups attached to an aromatic ring is 1. The summed E-state index contributed by atoms with van der Waals surface area (Å²) in [4.78, 5) is 0. The van der Waals surface area contributed by atoms with Crippen LogP contribution < -0.4 is 5.73 Å². The summed E-state index contributed by atoms with van der Waals surface area (Å²) in [5.74, 6) is 0. The zero-order valence-electron chi connectivity index (χ0n) is 25.8. The van der Waals surface area contributed by atoms with E-state index in [-0.39, 0.29) is 0 Å². The number of para-hydroxylation sites is 3. The molecule has 0 amide bonds. The molecule has 10 aromatic rings. The van der Waals surface area contributed by atoms with Crippen molar-refractivity contribution < 1.29 is 0 Å². The van der Waals surface area contributed by atoms with Crippen LogP contribution in [-0.2, 0) is 0 Å². The topological polar surface area (TPSA) is 64.6 Å². The van der Waals surface area contributed by atoms with Gasteiger partial charge >= 0.3 is 0 Å². The summed E-state index contributed by atoms with van der Waals surface area (Å²) in [6.07, 6.45) is 0. The average Bonchev–Trinajstić information content (AvgIpc) is 3.78. The SMILES string of the molecule is N#Cc1cccc(-n2c3c(ccc4c3c3ccccc3n4-c3ccccc3)c3ccc4c(c5c(N)cccc5n4-c4ccccc4)c32)c1. The summed E-state index contributed by atoms with van der Waals surface area (Å²) in [5.41, 5.74) is 17.9. The molecule has 10 rings (SSSR count). The Hall–Kier alpha value is -6.77. The third-order valence-electron chi connectivity index (χ3n) is 9.77. The molecule has 5 nitrogen and oxygen atoms in total. The van der Waals surface area contributed by atoms with Crippen LogP contribution in [0, 0.1) is 11.3 Å². The summed E-state index contributed by atoms with van der Waals surface area (Å²) in [6, 6.07) is 55.1. The second-order valence-electron chi connectivity index (χ2n) is 12.3. The van der Waals surface area contributed by atoms with E-state index in [0.717, 1.165) is 77.4 Å². The smallest absolute Gasteiger partial charge is 0.0992 e. The van der Waals surface area contributed by atoms with Crippen molar-refractivity contribution in [3.63, 3.8) is 0 Å². The molecule has 3 heterocycles. The van der Waals surface area contributed by atoms with E-state index in [1.165, 1.54) is 10.8 Å². The van der Waals surface area contributed by atoms with E-state index in [2.05, 4.69) is 135 Å². The van der Waals surface area contributed by atoms with E-state index in [4.69, 9.17) is 5.73 Å². The van der Waals surface area contributed by atoms with Crippen molar-refractivity contribution in [2.24, 2.45) is 0 Å². The van der Waals surface area contributed by atoms with Gasteiger partial charge in [0.1, 0.15) is 0 Å². The fraction of sp³-hybridized carbons (Fsp3) is 0. The van der Waals surface area contributed by atoms with Gasteiger partial charge < -0.3 is 19.4 Å². The monoisotopic (exact) mass is 613 g/mol. The number of aromatic nitrogens is 3. The average molecular weight is 614 g/mol. The first-order chi connectivity index (χ1) is 23.7. The number of hydrogen-bond donors (Lipinski definition) is 1. The zero-order chi connectivity index (χ0) is 31.9. The maximum atomic E-state index is 10.0. The minimum atomic E-state index is 0.611. The first kappa shape index (κ1) is 26.4. The fourth-order valence-corrected chi connectivity index (χ4v) is 7.90. The number of anilines is 1. The van der Waals surface area contributed by atoms with Crippen LogP contribution in [-0.4, -0.2) is 13.7 Å². The molecular formula is C43H27N5. The normalized spacial score (nSPS) is 11.8. The maximum absolute atomic E-state index is 10.0. The summed E-state index contributed by atoms with van der Waals surface area (Å²) in [6.45, 7) is 0. The Morgan fingerprint density at radius 1 is 0.417 bits per heavy atom. The Morgan fingerprint density at radius 2 is 0.958 bits per heavy atom. The molecule has 224 valence electrons. The number of rotatable bonds is 3. The number of nitrogens with zero attached hydrogens (tertiary/aromatic N) is 4. The van der Waals surface area contributed by atoms with Gasteiger partial charge in [-0.3, -0.25) is 0 Å². The van der Waals surface area contributed by atoms with Gasteiger partial charge in [0.05, 0.1) is 44.7 Å². The van der Waals surface area contributed by atoms with Gasteiger partial charge in [-0.1, -0.05) is 78.9 Å². The van der Waals surface area contributed by atoms with Gasteiger partial charge in [0.2, 0.25) is 0 Å². The highest BCUT2D eigenvalue weighted by molar-refractivity contribution is 6.32. The van der Waals surface area contributed by atoms with E-state index in [9.17, 15) is 5.26 Å². The van der Waals surface area contributed by atoms with Gasteiger partial charge in [-0.25, -0.2) is 0 Å². The van der Waals surface area contributed by atoms with Crippen molar-refractivity contribution in [2.75, 3.05) is 5.73 Å². The second kappa shape index (κ2) is 9.86. The third-order valence-corrected chi connectivity index (χ3v) is 9.77. The van der Waals surface area contributed by atoms with Gasteiger partial charge in [-0.2, -0.15) is 5.26 Å². The van der Waals surface area contributed by atoms with Gasteiger partial charge in [-0.05, 0) is 72.8 Å². The second-order valence-corrected chi connectivity index (χ2v) is 12.3. The number of nitriles is 1. The van der Waals surface area contributed by atoms with Crippen LogP contribution >= 0.6 is 0 Å². The van der Waals surface area contributed by atoms with Gasteiger partial charge in [0.25, 0.3) is 0 Å². The molecule has 0 atom stereocenters. The maximum Gasteiger partial charge on any atom is 0.0992 e. The summed E-state index contributed by atoms with van der Waals surface area (Å²) in [5, 5.41) is 16.7. The largest absolute Gasteiger partial charge is 0.398 e. The molecule has 0 aliphatic heterocycles. The lowest BCUT2D eigenvalue weighted by atomic mass is 10.1. The minimum Gasteiger partial charge on any atom is -0.398 e. The first-order valence-corrected chi connectivity index (χ1v) is 16.1. The molecule has 48 heavy (non-hydrogen) atoms. The molecule has 0 unspecified atom stereocenters. The predicted octanol–water partition coefficient (Wildman–Crippen LogP) is 10.4. The lowest BCUT2D eigenvalue weighted by Crippen LogP contribution is -1.97. The summed E-state index contributed by atoms with van der Waals surface area (Å²) < 4.78 is 7.04. The minimum absolute atomic E-state index is 0.611. The Kier molecular flexibility index (Phi) is 5.43. The van der Waals surface area contributed by atoms with Crippen LogP contribution in [0.15, 0.2) is 152 Å². The molecule has 0 saturated heterocycles. The van der Waals surface area contributed by atoms with E-state index in [1.807, 2.05) is 36.4 Å². The van der Waals surface area contributed by atoms with Crippen molar-refractivity contribution >= 4 is 71.1 Å². The van der Waals surface area contributed by atoms with Crippen LogP contribution in [0.3, 0.4) is 0 Å². The molecule has 0 aliphatic carbocycles. The van der Waals surface area contributed by atoms with Crippen molar-refractivity contribution in [1.29, 1.82) is 5.26 Å². The molecule has 3 aromatic heterocycles. The molecule has 0 radical (unpaired) electrons. The highest BCUT2D eigenvalue weighted by Crippen LogP contribution is 2.46. The van der Waals surface area contributed by atoms with Crippen LogP contribution in [0.25, 0.3) is 82.5 Å². The van der Waals surface area contributed by atoms with Crippen molar-refractivity contribution in [3.8, 4) is 23.1 Å². The van der Waals surface area contributed by atoms with Gasteiger partial charge in [-0.15, -0.1) is 0 Å². The number of nitrogens with two attached hydrogens (primary N) is 1. The third kappa shape index (κ3) is 3.49. The Morgan fingerprint density at radius 3 is 1.67 bits per heavy atom. The molecule has 0 spiro atoms.